The number of hydrogen-bond acceptors (Lipinski definition) is 5. The molecule has 2 aromatic carbocycles. The molecule has 0 atom stereocenters. The summed E-state index contributed by atoms with van der Waals surface area (Å²) in [5.74, 6) is 0.801. The molecule has 1 N–H and O–H groups in total. The van der Waals surface area contributed by atoms with Crippen LogP contribution in [0.2, 0.25) is 0 Å². The maximum atomic E-state index is 13.5. The lowest BCUT2D eigenvalue weighted by molar-refractivity contribution is 0.0954. The zero-order chi connectivity index (χ0) is 20.1. The number of nitrogens with zero attached hydrogens (tertiary/aromatic N) is 1. The number of carbonyl (C=O) groups excluding carboxylic acids is 1. The highest BCUT2D eigenvalue weighted by molar-refractivity contribution is 6.00. The molecule has 3 aromatic rings. The fraction of sp³-hybridized carbons (Fsp3) is 0.238. The third-order valence-electron chi connectivity index (χ3n) is 4.32. The van der Waals surface area contributed by atoms with Crippen molar-refractivity contribution in [2.45, 2.75) is 13.3 Å². The first kappa shape index (κ1) is 19.4. The molecule has 6 nitrogen and oxygen atoms in total. The molecule has 0 aliphatic carbocycles. The Hall–Kier alpha value is -3.35. The van der Waals surface area contributed by atoms with Gasteiger partial charge in [-0.3, -0.25) is 4.79 Å². The molecule has 0 bridgehead atoms. The Morgan fingerprint density at radius 1 is 1.14 bits per heavy atom. The molecule has 0 saturated carbocycles. The molecule has 7 heteroatoms. The first-order valence-corrected chi connectivity index (χ1v) is 8.74. The Kier molecular flexibility index (Phi) is 5.93. The van der Waals surface area contributed by atoms with Crippen molar-refractivity contribution in [3.8, 4) is 22.8 Å². The molecule has 0 radical (unpaired) electrons. The Morgan fingerprint density at radius 2 is 1.93 bits per heavy atom. The van der Waals surface area contributed by atoms with Crippen LogP contribution in [-0.2, 0) is 6.42 Å². The van der Waals surface area contributed by atoms with Gasteiger partial charge in [0.1, 0.15) is 11.4 Å². The summed E-state index contributed by atoms with van der Waals surface area (Å²) in [5, 5.41) is 6.72. The van der Waals surface area contributed by atoms with Crippen LogP contribution in [0.5, 0.6) is 11.5 Å². The minimum absolute atomic E-state index is 0.251. The van der Waals surface area contributed by atoms with Gasteiger partial charge in [-0.15, -0.1) is 0 Å². The Labute approximate surface area is 162 Å². The summed E-state index contributed by atoms with van der Waals surface area (Å²) in [7, 11) is 3.15. The lowest BCUT2D eigenvalue weighted by atomic mass is 10.1. The van der Waals surface area contributed by atoms with Crippen LogP contribution in [0.1, 0.15) is 21.6 Å². The van der Waals surface area contributed by atoms with E-state index in [-0.39, 0.29) is 11.7 Å². The van der Waals surface area contributed by atoms with E-state index in [9.17, 15) is 9.18 Å². The summed E-state index contributed by atoms with van der Waals surface area (Å²) in [6.07, 6.45) is 0.603. The summed E-state index contributed by atoms with van der Waals surface area (Å²) in [5.41, 5.74) is 2.21. The predicted molar refractivity (Wildman–Crippen MR) is 102 cm³/mol. The summed E-state index contributed by atoms with van der Waals surface area (Å²) >= 11 is 0. The number of hydrogen-bond donors (Lipinski definition) is 1. The molecule has 0 spiro atoms. The van der Waals surface area contributed by atoms with Crippen LogP contribution >= 0.6 is 0 Å². The van der Waals surface area contributed by atoms with Crippen molar-refractivity contribution < 1.29 is 23.2 Å². The molecule has 1 aromatic heterocycles. The van der Waals surface area contributed by atoms with Crippen LogP contribution in [0.4, 0.5) is 4.39 Å². The maximum absolute atomic E-state index is 13.5. The largest absolute Gasteiger partial charge is 0.493 e. The molecule has 0 unspecified atom stereocenters. The van der Waals surface area contributed by atoms with E-state index in [0.29, 0.717) is 41.3 Å². The van der Waals surface area contributed by atoms with Crippen molar-refractivity contribution in [1.29, 1.82) is 0 Å². The van der Waals surface area contributed by atoms with Crippen LogP contribution in [0.25, 0.3) is 11.3 Å². The van der Waals surface area contributed by atoms with Crippen LogP contribution in [0, 0.1) is 12.7 Å². The van der Waals surface area contributed by atoms with Gasteiger partial charge in [-0.25, -0.2) is 4.39 Å². The van der Waals surface area contributed by atoms with Gasteiger partial charge >= 0.3 is 0 Å². The normalized spacial score (nSPS) is 10.6. The van der Waals surface area contributed by atoms with Gasteiger partial charge in [0.25, 0.3) is 5.91 Å². The van der Waals surface area contributed by atoms with Gasteiger partial charge in [0.05, 0.1) is 19.9 Å². The monoisotopic (exact) mass is 384 g/mol. The van der Waals surface area contributed by atoms with E-state index in [2.05, 4.69) is 10.5 Å². The third kappa shape index (κ3) is 4.14. The Bertz CT molecular complexity index is 984. The van der Waals surface area contributed by atoms with E-state index in [0.717, 1.165) is 5.56 Å². The number of halogens is 1. The number of methoxy groups -OCH3 is 2. The Morgan fingerprint density at radius 3 is 2.64 bits per heavy atom. The summed E-state index contributed by atoms with van der Waals surface area (Å²) in [6.45, 7) is 2.08. The van der Waals surface area contributed by atoms with E-state index >= 15 is 0 Å². The third-order valence-corrected chi connectivity index (χ3v) is 4.32. The van der Waals surface area contributed by atoms with Crippen molar-refractivity contribution in [2.75, 3.05) is 20.8 Å². The molecule has 0 saturated heterocycles. The van der Waals surface area contributed by atoms with Gasteiger partial charge < -0.3 is 19.3 Å². The van der Waals surface area contributed by atoms with Crippen LogP contribution in [0.3, 0.4) is 0 Å². The topological polar surface area (TPSA) is 73.6 Å². The van der Waals surface area contributed by atoms with E-state index in [1.165, 1.54) is 12.1 Å². The fourth-order valence-electron chi connectivity index (χ4n) is 2.91. The number of carbonyl (C=O) groups is 1. The van der Waals surface area contributed by atoms with E-state index in [4.69, 9.17) is 14.0 Å². The molecular weight excluding hydrogens is 363 g/mol. The van der Waals surface area contributed by atoms with E-state index in [1.807, 2.05) is 18.2 Å². The second-order valence-corrected chi connectivity index (χ2v) is 6.18. The molecular formula is C21H21FN2O4. The highest BCUT2D eigenvalue weighted by Crippen LogP contribution is 2.28. The first-order chi connectivity index (χ1) is 13.5. The highest BCUT2D eigenvalue weighted by atomic mass is 19.1. The molecule has 1 amide bonds. The smallest absolute Gasteiger partial charge is 0.257 e. The van der Waals surface area contributed by atoms with Crippen LogP contribution in [0.15, 0.2) is 47.0 Å². The number of amides is 1. The van der Waals surface area contributed by atoms with Crippen molar-refractivity contribution in [3.63, 3.8) is 0 Å². The lowest BCUT2D eigenvalue weighted by Crippen LogP contribution is -2.26. The van der Waals surface area contributed by atoms with Crippen molar-refractivity contribution in [3.05, 3.63) is 65.1 Å². The van der Waals surface area contributed by atoms with Crippen LogP contribution in [-0.4, -0.2) is 31.8 Å². The highest BCUT2D eigenvalue weighted by Gasteiger charge is 2.21. The van der Waals surface area contributed by atoms with Gasteiger partial charge in [-0.2, -0.15) is 0 Å². The fourth-order valence-corrected chi connectivity index (χ4v) is 2.91. The second kappa shape index (κ2) is 8.56. The average molecular weight is 384 g/mol. The SMILES string of the molecule is COc1ccc(CCNC(=O)c2c(C)noc2-c2cccc(F)c2)cc1OC. The molecule has 0 aliphatic rings. The zero-order valence-electron chi connectivity index (χ0n) is 15.9. The molecule has 0 aliphatic heterocycles. The van der Waals surface area contributed by atoms with Crippen molar-refractivity contribution in [1.82, 2.24) is 10.5 Å². The summed E-state index contributed by atoms with van der Waals surface area (Å²) < 4.78 is 29.3. The minimum Gasteiger partial charge on any atom is -0.493 e. The molecule has 28 heavy (non-hydrogen) atoms. The molecule has 1 heterocycles. The number of ether oxygens (including phenoxy) is 2. The number of nitrogens with one attached hydrogen (secondary N) is 1. The predicted octanol–water partition coefficient (Wildman–Crippen LogP) is 3.78. The van der Waals surface area contributed by atoms with Crippen molar-refractivity contribution in [2.24, 2.45) is 0 Å². The average Bonchev–Trinajstić information content (AvgIpc) is 3.09. The van der Waals surface area contributed by atoms with Gasteiger partial charge in [0, 0.05) is 12.1 Å². The summed E-state index contributed by atoms with van der Waals surface area (Å²) in [4.78, 5) is 12.7. The number of aromatic nitrogens is 1. The Balaban J connectivity index is 1.70. The first-order valence-electron chi connectivity index (χ1n) is 8.74. The molecule has 146 valence electrons. The van der Waals surface area contributed by atoms with Crippen LogP contribution < -0.4 is 14.8 Å². The number of rotatable bonds is 7. The van der Waals surface area contributed by atoms with Gasteiger partial charge in [0.2, 0.25) is 0 Å². The second-order valence-electron chi connectivity index (χ2n) is 6.18. The van der Waals surface area contributed by atoms with E-state index in [1.54, 1.807) is 33.3 Å². The van der Waals surface area contributed by atoms with Gasteiger partial charge in [-0.1, -0.05) is 23.4 Å². The van der Waals surface area contributed by atoms with Gasteiger partial charge in [0.15, 0.2) is 17.3 Å². The summed E-state index contributed by atoms with van der Waals surface area (Å²) in [6, 6.07) is 11.5. The minimum atomic E-state index is -0.411. The van der Waals surface area contributed by atoms with Crippen molar-refractivity contribution >= 4 is 5.91 Å². The van der Waals surface area contributed by atoms with E-state index < -0.39 is 5.82 Å². The number of aryl methyl sites for hydroxylation is 1. The maximum Gasteiger partial charge on any atom is 0.257 e. The lowest BCUT2D eigenvalue weighted by Gasteiger charge is -2.10. The molecule has 3 rings (SSSR count). The number of benzene rings is 2. The van der Waals surface area contributed by atoms with Gasteiger partial charge in [-0.05, 0) is 43.2 Å². The quantitative estimate of drug-likeness (QED) is 0.671. The standard InChI is InChI=1S/C21H21FN2O4/c1-13-19(20(28-24-13)15-5-4-6-16(22)12-15)21(25)23-10-9-14-7-8-17(26-2)18(11-14)27-3/h4-8,11-12H,9-10H2,1-3H3,(H,23,25). The zero-order valence-corrected chi connectivity index (χ0v) is 15.9. The molecule has 0 fully saturated rings.